The summed E-state index contributed by atoms with van der Waals surface area (Å²) in [6.45, 7) is 2.69. The van der Waals surface area contributed by atoms with Gasteiger partial charge in [0.15, 0.2) is 5.82 Å². The van der Waals surface area contributed by atoms with Gasteiger partial charge in [0.25, 0.3) is 0 Å². The smallest absolute Gasteiger partial charge is 0.226 e. The van der Waals surface area contributed by atoms with E-state index in [0.717, 1.165) is 38.1 Å². The number of unbranched alkanes of at least 4 members (excludes halogenated alkanes) is 2. The van der Waals surface area contributed by atoms with Gasteiger partial charge in [-0.15, -0.1) is 0 Å². The Bertz CT molecular complexity index is 281. The number of aryl methyl sites for hydroxylation is 1. The van der Waals surface area contributed by atoms with Gasteiger partial charge < -0.3 is 10.3 Å². The number of aromatic nitrogens is 2. The third kappa shape index (κ3) is 3.70. The monoisotopic (exact) mass is 195 g/mol. The number of allylic oxidation sites excluding steroid dienone is 1. The molecule has 0 saturated carbocycles. The number of rotatable bonds is 6. The Kier molecular flexibility index (Phi) is 4.93. The van der Waals surface area contributed by atoms with Crippen molar-refractivity contribution in [3.63, 3.8) is 0 Å². The van der Waals surface area contributed by atoms with Crippen LogP contribution in [0.3, 0.4) is 0 Å². The van der Waals surface area contributed by atoms with Crippen LogP contribution in [-0.2, 0) is 6.42 Å². The fourth-order valence-corrected chi connectivity index (χ4v) is 1.18. The van der Waals surface area contributed by atoms with Gasteiger partial charge >= 0.3 is 0 Å². The minimum absolute atomic E-state index is 0.654. The van der Waals surface area contributed by atoms with Crippen molar-refractivity contribution in [2.75, 3.05) is 6.54 Å². The van der Waals surface area contributed by atoms with Crippen molar-refractivity contribution >= 4 is 6.08 Å². The van der Waals surface area contributed by atoms with Gasteiger partial charge in [-0.25, -0.2) is 0 Å². The highest BCUT2D eigenvalue weighted by molar-refractivity contribution is 5.37. The van der Waals surface area contributed by atoms with Gasteiger partial charge in [0, 0.05) is 6.42 Å². The number of nitrogens with two attached hydrogens (primary N) is 1. The first-order valence-electron chi connectivity index (χ1n) is 5.02. The van der Waals surface area contributed by atoms with Crippen molar-refractivity contribution < 1.29 is 4.52 Å². The van der Waals surface area contributed by atoms with E-state index >= 15 is 0 Å². The van der Waals surface area contributed by atoms with Crippen molar-refractivity contribution in [1.82, 2.24) is 10.1 Å². The van der Waals surface area contributed by atoms with Crippen LogP contribution in [0.15, 0.2) is 10.6 Å². The first-order chi connectivity index (χ1) is 6.86. The molecule has 0 spiro atoms. The maximum absolute atomic E-state index is 5.39. The summed E-state index contributed by atoms with van der Waals surface area (Å²) >= 11 is 0. The van der Waals surface area contributed by atoms with E-state index in [1.165, 1.54) is 0 Å². The maximum Gasteiger partial charge on any atom is 0.226 e. The quantitative estimate of drug-likeness (QED) is 0.702. The predicted molar refractivity (Wildman–Crippen MR) is 55.6 cm³/mol. The highest BCUT2D eigenvalue weighted by Crippen LogP contribution is 2.05. The molecule has 4 heteroatoms. The Labute approximate surface area is 84.2 Å². The Morgan fingerprint density at radius 3 is 2.93 bits per heavy atom. The van der Waals surface area contributed by atoms with Crippen LogP contribution in [0.1, 0.15) is 37.9 Å². The van der Waals surface area contributed by atoms with Gasteiger partial charge in [0.2, 0.25) is 5.89 Å². The summed E-state index contributed by atoms with van der Waals surface area (Å²) in [7, 11) is 0. The summed E-state index contributed by atoms with van der Waals surface area (Å²) in [5, 5.41) is 3.81. The Morgan fingerprint density at radius 1 is 1.36 bits per heavy atom. The minimum atomic E-state index is 0.654. The Hall–Kier alpha value is -1.16. The lowest BCUT2D eigenvalue weighted by molar-refractivity contribution is 0.372. The predicted octanol–water partition coefficient (Wildman–Crippen LogP) is 1.77. The van der Waals surface area contributed by atoms with Crippen LogP contribution in [0.25, 0.3) is 6.08 Å². The summed E-state index contributed by atoms with van der Waals surface area (Å²) in [6, 6.07) is 0. The van der Waals surface area contributed by atoms with Gasteiger partial charge in [0.05, 0.1) is 0 Å². The molecule has 0 atom stereocenters. The first kappa shape index (κ1) is 10.9. The van der Waals surface area contributed by atoms with E-state index in [4.69, 9.17) is 10.3 Å². The lowest BCUT2D eigenvalue weighted by Gasteiger charge is -1.93. The second kappa shape index (κ2) is 6.32. The zero-order valence-corrected chi connectivity index (χ0v) is 8.57. The molecule has 1 aromatic heterocycles. The third-order valence-electron chi connectivity index (χ3n) is 1.89. The zero-order valence-electron chi connectivity index (χ0n) is 8.57. The third-order valence-corrected chi connectivity index (χ3v) is 1.89. The molecule has 78 valence electrons. The average Bonchev–Trinajstić information content (AvgIpc) is 2.61. The van der Waals surface area contributed by atoms with Gasteiger partial charge in [-0.2, -0.15) is 4.98 Å². The lowest BCUT2D eigenvalue weighted by Crippen LogP contribution is -1.98. The van der Waals surface area contributed by atoms with E-state index in [1.54, 1.807) is 0 Å². The van der Waals surface area contributed by atoms with Crippen molar-refractivity contribution in [2.45, 2.75) is 32.6 Å². The molecule has 0 aliphatic rings. The van der Waals surface area contributed by atoms with E-state index in [2.05, 4.69) is 10.1 Å². The molecule has 0 radical (unpaired) electrons. The van der Waals surface area contributed by atoms with Gasteiger partial charge in [-0.05, 0) is 32.4 Å². The molecule has 0 amide bonds. The summed E-state index contributed by atoms with van der Waals surface area (Å²) < 4.78 is 5.05. The fraction of sp³-hybridized carbons (Fsp3) is 0.600. The van der Waals surface area contributed by atoms with Crippen molar-refractivity contribution in [2.24, 2.45) is 5.73 Å². The van der Waals surface area contributed by atoms with Crippen LogP contribution in [0.5, 0.6) is 0 Å². The number of hydrogen-bond acceptors (Lipinski definition) is 4. The van der Waals surface area contributed by atoms with Crippen LogP contribution < -0.4 is 5.73 Å². The van der Waals surface area contributed by atoms with E-state index < -0.39 is 0 Å². The summed E-state index contributed by atoms with van der Waals surface area (Å²) in [6.07, 6.45) is 7.82. The molecule has 0 bridgehead atoms. The van der Waals surface area contributed by atoms with E-state index in [1.807, 2.05) is 19.1 Å². The highest BCUT2D eigenvalue weighted by Gasteiger charge is 2.02. The second-order valence-corrected chi connectivity index (χ2v) is 3.15. The summed E-state index contributed by atoms with van der Waals surface area (Å²) in [5.41, 5.74) is 5.39. The minimum Gasteiger partial charge on any atom is -0.339 e. The van der Waals surface area contributed by atoms with Crippen LogP contribution >= 0.6 is 0 Å². The first-order valence-corrected chi connectivity index (χ1v) is 5.02. The molecule has 0 aliphatic heterocycles. The molecular formula is C10H17N3O. The SMILES string of the molecule is C/C=C/c1noc(CCCCCN)n1. The molecular weight excluding hydrogens is 178 g/mol. The van der Waals surface area contributed by atoms with Crippen LogP contribution in [-0.4, -0.2) is 16.7 Å². The molecule has 4 nitrogen and oxygen atoms in total. The van der Waals surface area contributed by atoms with Crippen molar-refractivity contribution in [1.29, 1.82) is 0 Å². The zero-order chi connectivity index (χ0) is 10.2. The average molecular weight is 195 g/mol. The van der Waals surface area contributed by atoms with Crippen LogP contribution in [0.2, 0.25) is 0 Å². The lowest BCUT2D eigenvalue weighted by atomic mass is 10.2. The van der Waals surface area contributed by atoms with E-state index in [-0.39, 0.29) is 0 Å². The molecule has 0 saturated heterocycles. The summed E-state index contributed by atoms with van der Waals surface area (Å²) in [5.74, 6) is 1.37. The van der Waals surface area contributed by atoms with E-state index in [0.29, 0.717) is 5.82 Å². The van der Waals surface area contributed by atoms with Crippen molar-refractivity contribution in [3.8, 4) is 0 Å². The molecule has 1 rings (SSSR count). The van der Waals surface area contributed by atoms with Crippen molar-refractivity contribution in [3.05, 3.63) is 17.8 Å². The van der Waals surface area contributed by atoms with Gasteiger partial charge in [-0.3, -0.25) is 0 Å². The molecule has 0 unspecified atom stereocenters. The molecule has 1 aromatic rings. The largest absolute Gasteiger partial charge is 0.339 e. The molecule has 1 heterocycles. The second-order valence-electron chi connectivity index (χ2n) is 3.15. The van der Waals surface area contributed by atoms with Crippen LogP contribution in [0, 0.1) is 0 Å². The fourth-order valence-electron chi connectivity index (χ4n) is 1.18. The van der Waals surface area contributed by atoms with Crippen LogP contribution in [0.4, 0.5) is 0 Å². The topological polar surface area (TPSA) is 64.9 Å². The molecule has 0 aliphatic carbocycles. The number of nitrogens with zero attached hydrogens (tertiary/aromatic N) is 2. The Balaban J connectivity index is 2.29. The molecule has 0 aromatic carbocycles. The standard InChI is InChI=1S/C10H17N3O/c1-2-6-9-12-10(14-13-9)7-4-3-5-8-11/h2,6H,3-5,7-8,11H2,1H3/b6-2+. The molecule has 2 N–H and O–H groups in total. The highest BCUT2D eigenvalue weighted by atomic mass is 16.5. The maximum atomic E-state index is 5.39. The molecule has 14 heavy (non-hydrogen) atoms. The number of hydrogen-bond donors (Lipinski definition) is 1. The van der Waals surface area contributed by atoms with E-state index in [9.17, 15) is 0 Å². The van der Waals surface area contributed by atoms with Gasteiger partial charge in [-0.1, -0.05) is 17.7 Å². The van der Waals surface area contributed by atoms with Gasteiger partial charge in [0.1, 0.15) is 0 Å². The normalized spacial score (nSPS) is 11.3. The Morgan fingerprint density at radius 2 is 2.21 bits per heavy atom. The molecule has 0 fully saturated rings. The summed E-state index contributed by atoms with van der Waals surface area (Å²) in [4.78, 5) is 4.20.